The van der Waals surface area contributed by atoms with Crippen LogP contribution in [0.2, 0.25) is 0 Å². The van der Waals surface area contributed by atoms with Crippen molar-refractivity contribution in [1.82, 2.24) is 15.1 Å². The summed E-state index contributed by atoms with van der Waals surface area (Å²) in [5.74, 6) is 0.630. The molecular weight excluding hydrogens is 212 g/mol. The summed E-state index contributed by atoms with van der Waals surface area (Å²) in [6.45, 7) is 4.50. The summed E-state index contributed by atoms with van der Waals surface area (Å²) in [6, 6.07) is 0.443. The lowest BCUT2D eigenvalue weighted by Gasteiger charge is -1.95. The average Bonchev–Trinajstić information content (AvgIpc) is 2.83. The molecule has 0 unspecified atom stereocenters. The largest absolute Gasteiger partial charge is 0.332 e. The Labute approximate surface area is 91.5 Å². The van der Waals surface area contributed by atoms with Gasteiger partial charge in [0.1, 0.15) is 0 Å². The number of nitrogens with one attached hydrogen (secondary N) is 1. The molecule has 6 heteroatoms. The van der Waals surface area contributed by atoms with Crippen LogP contribution >= 0.6 is 11.3 Å². The second-order valence-corrected chi connectivity index (χ2v) is 4.03. The SMILES string of the molecule is CCc1nc(CNc2nc(C)no2)cs1. The highest BCUT2D eigenvalue weighted by atomic mass is 32.1. The van der Waals surface area contributed by atoms with E-state index in [1.54, 1.807) is 18.3 Å². The molecule has 0 amide bonds. The number of nitrogens with zero attached hydrogens (tertiary/aromatic N) is 3. The quantitative estimate of drug-likeness (QED) is 0.860. The summed E-state index contributed by atoms with van der Waals surface area (Å²) < 4.78 is 4.92. The molecule has 1 N–H and O–H groups in total. The van der Waals surface area contributed by atoms with Crippen LogP contribution < -0.4 is 5.32 Å². The third-order valence-electron chi connectivity index (χ3n) is 1.85. The van der Waals surface area contributed by atoms with E-state index in [2.05, 4.69) is 27.4 Å². The van der Waals surface area contributed by atoms with Gasteiger partial charge in [0.15, 0.2) is 5.82 Å². The molecule has 2 heterocycles. The van der Waals surface area contributed by atoms with E-state index in [1.165, 1.54) is 0 Å². The summed E-state index contributed by atoms with van der Waals surface area (Å²) in [7, 11) is 0. The normalized spacial score (nSPS) is 10.5. The van der Waals surface area contributed by atoms with Crippen molar-refractivity contribution in [3.8, 4) is 0 Å². The minimum Gasteiger partial charge on any atom is -0.332 e. The summed E-state index contributed by atoms with van der Waals surface area (Å²) in [5.41, 5.74) is 1.01. The third-order valence-corrected chi connectivity index (χ3v) is 2.89. The molecule has 0 saturated heterocycles. The van der Waals surface area contributed by atoms with Crippen molar-refractivity contribution in [2.24, 2.45) is 0 Å². The number of aryl methyl sites for hydroxylation is 2. The van der Waals surface area contributed by atoms with Crippen LogP contribution in [-0.2, 0) is 13.0 Å². The van der Waals surface area contributed by atoms with E-state index in [-0.39, 0.29) is 0 Å². The van der Waals surface area contributed by atoms with Gasteiger partial charge < -0.3 is 9.84 Å². The van der Waals surface area contributed by atoms with Gasteiger partial charge in [0.25, 0.3) is 0 Å². The molecule has 2 rings (SSSR count). The minimum atomic E-state index is 0.443. The molecule has 0 spiro atoms. The van der Waals surface area contributed by atoms with Crippen molar-refractivity contribution in [3.05, 3.63) is 21.9 Å². The van der Waals surface area contributed by atoms with E-state index < -0.39 is 0 Å². The van der Waals surface area contributed by atoms with Crippen LogP contribution in [0.1, 0.15) is 23.4 Å². The highest BCUT2D eigenvalue weighted by Crippen LogP contribution is 2.11. The lowest BCUT2D eigenvalue weighted by atomic mass is 10.4. The van der Waals surface area contributed by atoms with Gasteiger partial charge in [-0.05, 0) is 13.3 Å². The molecule has 5 nitrogen and oxygen atoms in total. The maximum Gasteiger partial charge on any atom is 0.321 e. The maximum atomic E-state index is 4.92. The van der Waals surface area contributed by atoms with Crippen molar-refractivity contribution < 1.29 is 4.52 Å². The lowest BCUT2D eigenvalue weighted by molar-refractivity contribution is 0.425. The third kappa shape index (κ3) is 2.53. The molecule has 0 atom stereocenters. The van der Waals surface area contributed by atoms with Crippen molar-refractivity contribution in [1.29, 1.82) is 0 Å². The molecule has 2 aromatic heterocycles. The zero-order valence-electron chi connectivity index (χ0n) is 8.65. The summed E-state index contributed by atoms with van der Waals surface area (Å²) in [5, 5.41) is 9.89. The molecule has 0 aliphatic heterocycles. The van der Waals surface area contributed by atoms with Crippen LogP contribution in [0, 0.1) is 6.92 Å². The smallest absolute Gasteiger partial charge is 0.321 e. The monoisotopic (exact) mass is 224 g/mol. The fourth-order valence-corrected chi connectivity index (χ4v) is 1.87. The maximum absolute atomic E-state index is 4.92. The van der Waals surface area contributed by atoms with E-state index in [0.29, 0.717) is 18.4 Å². The lowest BCUT2D eigenvalue weighted by Crippen LogP contribution is -2.00. The first kappa shape index (κ1) is 10.1. The van der Waals surface area contributed by atoms with Gasteiger partial charge in [-0.25, -0.2) is 4.98 Å². The Kier molecular flexibility index (Phi) is 2.96. The summed E-state index contributed by atoms with van der Waals surface area (Å²) in [6.07, 6.45) is 0.977. The van der Waals surface area contributed by atoms with Gasteiger partial charge in [0.05, 0.1) is 17.2 Å². The number of thiazole rings is 1. The highest BCUT2D eigenvalue weighted by molar-refractivity contribution is 7.09. The van der Waals surface area contributed by atoms with E-state index in [0.717, 1.165) is 17.1 Å². The first-order valence-electron chi connectivity index (χ1n) is 4.75. The fraction of sp³-hybridized carbons (Fsp3) is 0.444. The zero-order valence-corrected chi connectivity index (χ0v) is 9.47. The predicted octanol–water partition coefficient (Wildman–Crippen LogP) is 2.01. The summed E-state index contributed by atoms with van der Waals surface area (Å²) >= 11 is 1.67. The van der Waals surface area contributed by atoms with Crippen LogP contribution in [0.5, 0.6) is 0 Å². The van der Waals surface area contributed by atoms with Gasteiger partial charge in [-0.1, -0.05) is 12.1 Å². The molecule has 0 aliphatic rings. The Morgan fingerprint density at radius 3 is 2.93 bits per heavy atom. The molecular formula is C9H12N4OS. The first-order chi connectivity index (χ1) is 7.28. The summed E-state index contributed by atoms with van der Waals surface area (Å²) in [4.78, 5) is 8.46. The van der Waals surface area contributed by atoms with E-state index >= 15 is 0 Å². The molecule has 0 bridgehead atoms. The molecule has 0 aliphatic carbocycles. The Morgan fingerprint density at radius 1 is 1.47 bits per heavy atom. The molecule has 0 saturated carbocycles. The van der Waals surface area contributed by atoms with Crippen LogP contribution in [0.4, 0.5) is 6.01 Å². The van der Waals surface area contributed by atoms with E-state index in [1.807, 2.05) is 5.38 Å². The molecule has 2 aromatic rings. The molecule has 0 radical (unpaired) electrons. The van der Waals surface area contributed by atoms with Gasteiger partial charge in [-0.15, -0.1) is 11.3 Å². The zero-order chi connectivity index (χ0) is 10.7. The molecule has 80 valence electrons. The number of aromatic nitrogens is 3. The standard InChI is InChI=1S/C9H12N4OS/c1-3-8-12-7(5-15-8)4-10-9-11-6(2)13-14-9/h5H,3-4H2,1-2H3,(H,10,11,13). The Balaban J connectivity index is 1.93. The van der Waals surface area contributed by atoms with Crippen LogP contribution in [0.3, 0.4) is 0 Å². The topological polar surface area (TPSA) is 63.8 Å². The van der Waals surface area contributed by atoms with Gasteiger partial charge >= 0.3 is 6.01 Å². The van der Waals surface area contributed by atoms with Gasteiger partial charge in [0.2, 0.25) is 0 Å². The second kappa shape index (κ2) is 4.39. The van der Waals surface area contributed by atoms with Crippen LogP contribution in [0.25, 0.3) is 0 Å². The van der Waals surface area contributed by atoms with Crippen LogP contribution in [0.15, 0.2) is 9.90 Å². The molecule has 0 fully saturated rings. The minimum absolute atomic E-state index is 0.443. The Hall–Kier alpha value is -1.43. The predicted molar refractivity (Wildman–Crippen MR) is 57.9 cm³/mol. The van der Waals surface area contributed by atoms with E-state index in [9.17, 15) is 0 Å². The number of hydrogen-bond donors (Lipinski definition) is 1. The van der Waals surface area contributed by atoms with Crippen molar-refractivity contribution in [3.63, 3.8) is 0 Å². The van der Waals surface area contributed by atoms with Gasteiger partial charge in [-0.2, -0.15) is 4.98 Å². The second-order valence-electron chi connectivity index (χ2n) is 3.09. The Morgan fingerprint density at radius 2 is 2.33 bits per heavy atom. The van der Waals surface area contributed by atoms with Gasteiger partial charge in [0, 0.05) is 5.38 Å². The Bertz CT molecular complexity index is 437. The van der Waals surface area contributed by atoms with Crippen molar-refractivity contribution in [2.45, 2.75) is 26.8 Å². The number of anilines is 1. The average molecular weight is 224 g/mol. The highest BCUT2D eigenvalue weighted by Gasteiger charge is 2.03. The molecule has 0 aromatic carbocycles. The van der Waals surface area contributed by atoms with E-state index in [4.69, 9.17) is 4.52 Å². The van der Waals surface area contributed by atoms with Gasteiger partial charge in [-0.3, -0.25) is 0 Å². The van der Waals surface area contributed by atoms with Crippen LogP contribution in [-0.4, -0.2) is 15.1 Å². The first-order valence-corrected chi connectivity index (χ1v) is 5.63. The fourth-order valence-electron chi connectivity index (χ4n) is 1.13. The number of hydrogen-bond acceptors (Lipinski definition) is 6. The van der Waals surface area contributed by atoms with Crippen molar-refractivity contribution in [2.75, 3.05) is 5.32 Å². The number of rotatable bonds is 4. The van der Waals surface area contributed by atoms with Crippen molar-refractivity contribution >= 4 is 17.4 Å². The molecule has 15 heavy (non-hydrogen) atoms.